The SMILES string of the molecule is C/C=N\C(C)C(C)C. The topological polar surface area (TPSA) is 12.4 Å². The quantitative estimate of drug-likeness (QED) is 0.486. The molecule has 0 aliphatic carbocycles. The van der Waals surface area contributed by atoms with Crippen LogP contribution in [-0.2, 0) is 0 Å². The van der Waals surface area contributed by atoms with Crippen LogP contribution in [0.5, 0.6) is 0 Å². The summed E-state index contributed by atoms with van der Waals surface area (Å²) in [4.78, 5) is 4.20. The molecule has 1 nitrogen and oxygen atoms in total. The fraction of sp³-hybridized carbons (Fsp3) is 0.857. The fourth-order valence-electron chi connectivity index (χ4n) is 0.407. The smallest absolute Gasteiger partial charge is 0.0490 e. The third-order valence-corrected chi connectivity index (χ3v) is 1.35. The van der Waals surface area contributed by atoms with Crippen LogP contribution >= 0.6 is 0 Å². The highest BCUT2D eigenvalue weighted by molar-refractivity contribution is 5.53. The molecule has 0 spiro atoms. The highest BCUT2D eigenvalue weighted by Crippen LogP contribution is 2.02. The zero-order valence-corrected chi connectivity index (χ0v) is 6.18. The van der Waals surface area contributed by atoms with Crippen LogP contribution in [0.1, 0.15) is 27.7 Å². The molecule has 1 unspecified atom stereocenters. The van der Waals surface area contributed by atoms with E-state index in [9.17, 15) is 0 Å². The summed E-state index contributed by atoms with van der Waals surface area (Å²) in [6, 6.07) is 0.486. The molecule has 0 fully saturated rings. The van der Waals surface area contributed by atoms with Gasteiger partial charge in [0.15, 0.2) is 0 Å². The Morgan fingerprint density at radius 3 is 1.88 bits per heavy atom. The van der Waals surface area contributed by atoms with Gasteiger partial charge in [0, 0.05) is 6.04 Å². The van der Waals surface area contributed by atoms with Crippen molar-refractivity contribution in [3.05, 3.63) is 0 Å². The predicted octanol–water partition coefficient (Wildman–Crippen LogP) is 2.12. The summed E-state index contributed by atoms with van der Waals surface area (Å²) in [5.74, 6) is 0.672. The zero-order chi connectivity index (χ0) is 6.57. The van der Waals surface area contributed by atoms with Gasteiger partial charge in [-0.1, -0.05) is 13.8 Å². The molecule has 48 valence electrons. The van der Waals surface area contributed by atoms with Crippen LogP contribution in [0.3, 0.4) is 0 Å². The summed E-state index contributed by atoms with van der Waals surface area (Å²) in [6.45, 7) is 8.44. The van der Waals surface area contributed by atoms with Gasteiger partial charge in [0.2, 0.25) is 0 Å². The average Bonchev–Trinajstić information content (AvgIpc) is 1.67. The maximum absolute atomic E-state index is 4.20. The van der Waals surface area contributed by atoms with Gasteiger partial charge in [0.05, 0.1) is 0 Å². The Kier molecular flexibility index (Phi) is 3.49. The van der Waals surface area contributed by atoms with E-state index in [4.69, 9.17) is 0 Å². The molecule has 0 aromatic carbocycles. The second-order valence-electron chi connectivity index (χ2n) is 2.39. The third-order valence-electron chi connectivity index (χ3n) is 1.35. The van der Waals surface area contributed by atoms with E-state index in [1.807, 2.05) is 13.1 Å². The summed E-state index contributed by atoms with van der Waals surface area (Å²) >= 11 is 0. The summed E-state index contributed by atoms with van der Waals surface area (Å²) in [6.07, 6.45) is 1.87. The molecule has 1 heteroatoms. The first-order valence-electron chi connectivity index (χ1n) is 3.16. The van der Waals surface area contributed by atoms with Gasteiger partial charge in [0.25, 0.3) is 0 Å². The predicted molar refractivity (Wildman–Crippen MR) is 38.5 cm³/mol. The lowest BCUT2D eigenvalue weighted by molar-refractivity contribution is 0.533. The Bertz CT molecular complexity index is 74.5. The molecule has 8 heavy (non-hydrogen) atoms. The van der Waals surface area contributed by atoms with E-state index >= 15 is 0 Å². The van der Waals surface area contributed by atoms with Crippen LogP contribution in [0.4, 0.5) is 0 Å². The van der Waals surface area contributed by atoms with Gasteiger partial charge < -0.3 is 0 Å². The summed E-state index contributed by atoms with van der Waals surface area (Å²) in [7, 11) is 0. The zero-order valence-electron chi connectivity index (χ0n) is 6.18. The molecule has 0 heterocycles. The Labute approximate surface area is 51.8 Å². The Hall–Kier alpha value is -0.330. The molecule has 0 saturated carbocycles. The van der Waals surface area contributed by atoms with Crippen LogP contribution in [-0.4, -0.2) is 12.3 Å². The maximum atomic E-state index is 4.20. The van der Waals surface area contributed by atoms with Crippen molar-refractivity contribution in [2.45, 2.75) is 33.7 Å². The Balaban J connectivity index is 3.47. The van der Waals surface area contributed by atoms with E-state index in [1.54, 1.807) is 0 Å². The fourth-order valence-corrected chi connectivity index (χ4v) is 0.407. The van der Waals surface area contributed by atoms with Crippen LogP contribution in [0.2, 0.25) is 0 Å². The minimum atomic E-state index is 0.486. The average molecular weight is 113 g/mol. The van der Waals surface area contributed by atoms with E-state index in [-0.39, 0.29) is 0 Å². The molecule has 0 aliphatic rings. The molecule has 0 bridgehead atoms. The lowest BCUT2D eigenvalue weighted by Crippen LogP contribution is -2.06. The first-order chi connectivity index (χ1) is 3.68. The van der Waals surface area contributed by atoms with Crippen molar-refractivity contribution >= 4 is 6.21 Å². The largest absolute Gasteiger partial charge is 0.295 e. The van der Waals surface area contributed by atoms with Crippen molar-refractivity contribution in [3.8, 4) is 0 Å². The second kappa shape index (κ2) is 3.65. The standard InChI is InChI=1S/C7H15N/c1-5-8-7(4)6(2)3/h5-7H,1-4H3/b8-5-. The van der Waals surface area contributed by atoms with Crippen LogP contribution in [0.25, 0.3) is 0 Å². The van der Waals surface area contributed by atoms with Crippen molar-refractivity contribution in [2.75, 3.05) is 0 Å². The van der Waals surface area contributed by atoms with Gasteiger partial charge >= 0.3 is 0 Å². The van der Waals surface area contributed by atoms with Crippen molar-refractivity contribution in [1.29, 1.82) is 0 Å². The molecule has 0 amide bonds. The highest BCUT2D eigenvalue weighted by atomic mass is 14.8. The van der Waals surface area contributed by atoms with Gasteiger partial charge in [-0.05, 0) is 26.0 Å². The molecule has 0 aliphatic heterocycles. The first kappa shape index (κ1) is 7.67. The molecule has 0 saturated heterocycles. The number of hydrogen-bond acceptors (Lipinski definition) is 1. The van der Waals surface area contributed by atoms with Gasteiger partial charge in [-0.15, -0.1) is 0 Å². The van der Waals surface area contributed by atoms with Crippen molar-refractivity contribution in [1.82, 2.24) is 0 Å². The molecule has 0 rings (SSSR count). The normalized spacial score (nSPS) is 15.6. The van der Waals surface area contributed by atoms with Crippen LogP contribution in [0, 0.1) is 5.92 Å². The van der Waals surface area contributed by atoms with Crippen molar-refractivity contribution in [2.24, 2.45) is 10.9 Å². The molecule has 0 aromatic heterocycles. The van der Waals surface area contributed by atoms with Crippen molar-refractivity contribution in [3.63, 3.8) is 0 Å². The van der Waals surface area contributed by atoms with Crippen LogP contribution < -0.4 is 0 Å². The van der Waals surface area contributed by atoms with E-state index in [1.165, 1.54) is 0 Å². The first-order valence-corrected chi connectivity index (χ1v) is 3.16. The maximum Gasteiger partial charge on any atom is 0.0490 e. The van der Waals surface area contributed by atoms with E-state index in [2.05, 4.69) is 25.8 Å². The number of aliphatic imine (C=N–C) groups is 1. The van der Waals surface area contributed by atoms with Gasteiger partial charge in [-0.3, -0.25) is 4.99 Å². The molecular weight excluding hydrogens is 98.1 g/mol. The van der Waals surface area contributed by atoms with E-state index < -0.39 is 0 Å². The van der Waals surface area contributed by atoms with Gasteiger partial charge in [-0.2, -0.15) is 0 Å². The van der Waals surface area contributed by atoms with Gasteiger partial charge in [-0.25, -0.2) is 0 Å². The lowest BCUT2D eigenvalue weighted by atomic mass is 10.1. The third kappa shape index (κ3) is 2.78. The minimum absolute atomic E-state index is 0.486. The molecule has 0 aromatic rings. The lowest BCUT2D eigenvalue weighted by Gasteiger charge is -2.07. The number of rotatable bonds is 2. The van der Waals surface area contributed by atoms with Crippen LogP contribution in [0.15, 0.2) is 4.99 Å². The molecule has 0 N–H and O–H groups in total. The summed E-state index contributed by atoms with van der Waals surface area (Å²) < 4.78 is 0. The highest BCUT2D eigenvalue weighted by Gasteiger charge is 2.00. The Morgan fingerprint density at radius 1 is 1.25 bits per heavy atom. The molecule has 1 atom stereocenters. The minimum Gasteiger partial charge on any atom is -0.295 e. The number of nitrogens with zero attached hydrogens (tertiary/aromatic N) is 1. The second-order valence-corrected chi connectivity index (χ2v) is 2.39. The molecular formula is C7H15N. The monoisotopic (exact) mass is 113 g/mol. The summed E-state index contributed by atoms with van der Waals surface area (Å²) in [5.41, 5.74) is 0. The van der Waals surface area contributed by atoms with Gasteiger partial charge in [0.1, 0.15) is 0 Å². The van der Waals surface area contributed by atoms with E-state index in [0.29, 0.717) is 12.0 Å². The molecule has 0 radical (unpaired) electrons. The summed E-state index contributed by atoms with van der Waals surface area (Å²) in [5, 5.41) is 0. The van der Waals surface area contributed by atoms with E-state index in [0.717, 1.165) is 0 Å². The number of hydrogen-bond donors (Lipinski definition) is 0. The Morgan fingerprint density at radius 2 is 1.75 bits per heavy atom. The van der Waals surface area contributed by atoms with Crippen molar-refractivity contribution < 1.29 is 0 Å².